The van der Waals surface area contributed by atoms with Crippen molar-refractivity contribution in [2.45, 2.75) is 30.4 Å². The van der Waals surface area contributed by atoms with E-state index in [0.717, 1.165) is 9.22 Å². The average molecular weight is 173 g/mol. The van der Waals surface area contributed by atoms with Crippen molar-refractivity contribution >= 4 is 24.0 Å². The van der Waals surface area contributed by atoms with Crippen molar-refractivity contribution in [3.63, 3.8) is 0 Å². The fraction of sp³-hybridized carbons (Fsp3) is 0.571. The van der Waals surface area contributed by atoms with E-state index in [0.29, 0.717) is 0 Å². The zero-order valence-corrected chi connectivity index (χ0v) is 8.09. The molecule has 1 heterocycles. The molecule has 56 valence electrons. The molecule has 10 heavy (non-hydrogen) atoms. The Bertz CT molecular complexity index is 222. The van der Waals surface area contributed by atoms with Crippen molar-refractivity contribution < 1.29 is 0 Å². The summed E-state index contributed by atoms with van der Waals surface area (Å²) in [6.45, 7) is 6.46. The molecule has 0 unspecified atom stereocenters. The quantitative estimate of drug-likeness (QED) is 0.595. The van der Waals surface area contributed by atoms with Crippen LogP contribution in [0.4, 0.5) is 0 Å². The first kappa shape index (κ1) is 8.08. The monoisotopic (exact) mass is 173 g/mol. The van der Waals surface area contributed by atoms with E-state index in [1.165, 1.54) is 0 Å². The number of thiazole rings is 1. The summed E-state index contributed by atoms with van der Waals surface area (Å²) < 4.78 is 0.991. The normalized spacial score (nSPS) is 12.0. The van der Waals surface area contributed by atoms with Crippen molar-refractivity contribution in [2.24, 2.45) is 0 Å². The lowest BCUT2D eigenvalue weighted by molar-refractivity contribution is 0.585. The van der Waals surface area contributed by atoms with Crippen LogP contribution in [0.1, 0.15) is 25.8 Å². The zero-order chi connectivity index (χ0) is 7.78. The van der Waals surface area contributed by atoms with Gasteiger partial charge < -0.3 is 0 Å². The molecule has 1 rings (SSSR count). The molecular formula is C7H11NS2. The summed E-state index contributed by atoms with van der Waals surface area (Å²) in [6, 6.07) is 0. The Kier molecular flexibility index (Phi) is 2.06. The van der Waals surface area contributed by atoms with Gasteiger partial charge in [0.1, 0.15) is 0 Å². The second kappa shape index (κ2) is 2.55. The summed E-state index contributed by atoms with van der Waals surface area (Å²) in [5.41, 5.74) is 0.172. The molecule has 1 aromatic rings. The maximum Gasteiger partial charge on any atom is 0.0989 e. The van der Waals surface area contributed by atoms with E-state index in [-0.39, 0.29) is 5.41 Å². The minimum absolute atomic E-state index is 0.172. The second-order valence-corrected chi connectivity index (χ2v) is 5.07. The van der Waals surface area contributed by atoms with Gasteiger partial charge in [0.25, 0.3) is 0 Å². The van der Waals surface area contributed by atoms with Gasteiger partial charge in [0.15, 0.2) is 0 Å². The van der Waals surface area contributed by atoms with Crippen molar-refractivity contribution in [1.29, 1.82) is 0 Å². The van der Waals surface area contributed by atoms with E-state index in [4.69, 9.17) is 0 Å². The minimum atomic E-state index is 0.172. The Balaban J connectivity index is 2.96. The smallest absolute Gasteiger partial charge is 0.0989 e. The number of rotatable bonds is 0. The fourth-order valence-electron chi connectivity index (χ4n) is 0.612. The van der Waals surface area contributed by atoms with Crippen LogP contribution in [0.25, 0.3) is 0 Å². The van der Waals surface area contributed by atoms with Gasteiger partial charge in [-0.3, -0.25) is 0 Å². The van der Waals surface area contributed by atoms with Crippen molar-refractivity contribution in [3.8, 4) is 0 Å². The van der Waals surface area contributed by atoms with E-state index in [2.05, 4.69) is 38.4 Å². The predicted molar refractivity (Wildman–Crippen MR) is 48.1 cm³/mol. The number of hydrogen-bond acceptors (Lipinski definition) is 3. The molecule has 0 saturated heterocycles. The summed E-state index contributed by atoms with van der Waals surface area (Å²) >= 11 is 5.84. The summed E-state index contributed by atoms with van der Waals surface area (Å²) in [4.78, 5) is 4.23. The van der Waals surface area contributed by atoms with Crippen LogP contribution in [0.2, 0.25) is 0 Å². The summed E-state index contributed by atoms with van der Waals surface area (Å²) in [7, 11) is 0. The lowest BCUT2D eigenvalue weighted by Crippen LogP contribution is -2.09. The highest BCUT2D eigenvalue weighted by Gasteiger charge is 2.16. The van der Waals surface area contributed by atoms with E-state index in [9.17, 15) is 0 Å². The van der Waals surface area contributed by atoms with Crippen LogP contribution in [-0.4, -0.2) is 4.98 Å². The van der Waals surface area contributed by atoms with Gasteiger partial charge in [-0.15, -0.1) is 24.0 Å². The van der Waals surface area contributed by atoms with Gasteiger partial charge in [0.05, 0.1) is 15.4 Å². The highest BCUT2D eigenvalue weighted by Crippen LogP contribution is 2.27. The average Bonchev–Trinajstić information content (AvgIpc) is 2.11. The molecule has 3 heteroatoms. The number of hydrogen-bond donors (Lipinski definition) is 1. The standard InChI is InChI=1S/C7H11NS2/c1-7(2,3)6-8-4-5(9)10-6/h4,9H,1-3H3. The third-order valence-corrected chi connectivity index (χ3v) is 2.75. The Morgan fingerprint density at radius 3 is 2.30 bits per heavy atom. The van der Waals surface area contributed by atoms with Crippen LogP contribution in [0.5, 0.6) is 0 Å². The van der Waals surface area contributed by atoms with E-state index < -0.39 is 0 Å². The van der Waals surface area contributed by atoms with Gasteiger partial charge in [-0.2, -0.15) is 0 Å². The van der Waals surface area contributed by atoms with Gasteiger partial charge in [0.2, 0.25) is 0 Å². The van der Waals surface area contributed by atoms with Gasteiger partial charge in [-0.25, -0.2) is 4.98 Å². The molecule has 0 bridgehead atoms. The zero-order valence-electron chi connectivity index (χ0n) is 6.38. The molecule has 0 N–H and O–H groups in total. The SMILES string of the molecule is CC(C)(C)c1ncc(S)s1. The van der Waals surface area contributed by atoms with Crippen molar-refractivity contribution in [1.82, 2.24) is 4.98 Å². The lowest BCUT2D eigenvalue weighted by Gasteiger charge is -2.13. The summed E-state index contributed by atoms with van der Waals surface area (Å²) in [6.07, 6.45) is 1.80. The molecule has 0 aliphatic rings. The largest absolute Gasteiger partial charge is 0.248 e. The molecule has 0 fully saturated rings. The Morgan fingerprint density at radius 2 is 2.10 bits per heavy atom. The molecule has 0 aromatic carbocycles. The molecule has 0 spiro atoms. The first-order valence-electron chi connectivity index (χ1n) is 3.15. The molecule has 1 aromatic heterocycles. The molecular weight excluding hydrogens is 162 g/mol. The Labute approximate surface area is 70.9 Å². The summed E-state index contributed by atoms with van der Waals surface area (Å²) in [5.74, 6) is 0. The predicted octanol–water partition coefficient (Wildman–Crippen LogP) is 2.73. The van der Waals surface area contributed by atoms with Gasteiger partial charge in [-0.05, 0) is 0 Å². The fourth-order valence-corrected chi connectivity index (χ4v) is 1.64. The number of thiol groups is 1. The van der Waals surface area contributed by atoms with Crippen molar-refractivity contribution in [3.05, 3.63) is 11.2 Å². The third-order valence-electron chi connectivity index (χ3n) is 1.14. The molecule has 0 atom stereocenters. The number of aromatic nitrogens is 1. The second-order valence-electron chi connectivity index (χ2n) is 3.25. The van der Waals surface area contributed by atoms with Crippen LogP contribution >= 0.6 is 24.0 Å². The Morgan fingerprint density at radius 1 is 1.50 bits per heavy atom. The first-order chi connectivity index (χ1) is 4.50. The molecule has 0 aliphatic carbocycles. The molecule has 1 nitrogen and oxygen atoms in total. The topological polar surface area (TPSA) is 12.9 Å². The van der Waals surface area contributed by atoms with Crippen LogP contribution in [0.15, 0.2) is 10.4 Å². The van der Waals surface area contributed by atoms with Crippen LogP contribution < -0.4 is 0 Å². The number of nitrogens with zero attached hydrogens (tertiary/aromatic N) is 1. The third kappa shape index (κ3) is 1.73. The minimum Gasteiger partial charge on any atom is -0.248 e. The molecule has 0 amide bonds. The molecule has 0 radical (unpaired) electrons. The van der Waals surface area contributed by atoms with E-state index >= 15 is 0 Å². The van der Waals surface area contributed by atoms with Gasteiger partial charge in [0, 0.05) is 5.41 Å². The van der Waals surface area contributed by atoms with E-state index in [1.807, 2.05) is 0 Å². The highest BCUT2D eigenvalue weighted by molar-refractivity contribution is 7.82. The lowest BCUT2D eigenvalue weighted by atomic mass is 9.98. The molecule has 0 aliphatic heterocycles. The molecule has 0 saturated carbocycles. The Hall–Kier alpha value is -0.0200. The van der Waals surface area contributed by atoms with Gasteiger partial charge in [-0.1, -0.05) is 20.8 Å². The summed E-state index contributed by atoms with van der Waals surface area (Å²) in [5, 5.41) is 1.15. The first-order valence-corrected chi connectivity index (χ1v) is 4.42. The van der Waals surface area contributed by atoms with Gasteiger partial charge >= 0.3 is 0 Å². The maximum absolute atomic E-state index is 4.23. The highest BCUT2D eigenvalue weighted by atomic mass is 32.2. The van der Waals surface area contributed by atoms with Crippen molar-refractivity contribution in [2.75, 3.05) is 0 Å². The van der Waals surface area contributed by atoms with E-state index in [1.54, 1.807) is 17.5 Å². The van der Waals surface area contributed by atoms with Crippen LogP contribution in [0.3, 0.4) is 0 Å². The van der Waals surface area contributed by atoms with Crippen LogP contribution in [0, 0.1) is 0 Å². The van der Waals surface area contributed by atoms with Crippen LogP contribution in [-0.2, 0) is 5.41 Å². The maximum atomic E-state index is 4.23.